The first kappa shape index (κ1) is 12.7. The summed E-state index contributed by atoms with van der Waals surface area (Å²) in [7, 11) is 1.80. The number of alkyl halides is 1. The smallest absolute Gasteiger partial charge is 0.0605 e. The van der Waals surface area contributed by atoms with Crippen molar-refractivity contribution in [1.29, 1.82) is 0 Å². The fraction of sp³-hybridized carbons (Fsp3) is 0.571. The van der Waals surface area contributed by atoms with Gasteiger partial charge in [-0.15, -0.1) is 11.6 Å². The van der Waals surface area contributed by atoms with E-state index < -0.39 is 0 Å². The topological polar surface area (TPSA) is 12.5 Å². The van der Waals surface area contributed by atoms with Crippen molar-refractivity contribution in [3.05, 3.63) is 29.3 Å². The molecule has 2 rings (SSSR count). The number of hydrogen-bond acceptors (Lipinski definition) is 2. The maximum absolute atomic E-state index is 6.03. The van der Waals surface area contributed by atoms with Gasteiger partial charge in [-0.3, -0.25) is 0 Å². The molecule has 2 nitrogen and oxygen atoms in total. The fourth-order valence-electron chi connectivity index (χ4n) is 2.46. The van der Waals surface area contributed by atoms with Gasteiger partial charge in [-0.25, -0.2) is 0 Å². The molecule has 1 fully saturated rings. The molecule has 0 aromatic heterocycles. The molecule has 1 heterocycles. The molecule has 0 atom stereocenters. The first-order valence-corrected chi connectivity index (χ1v) is 6.71. The number of benzene rings is 1. The zero-order valence-electron chi connectivity index (χ0n) is 10.6. The predicted molar refractivity (Wildman–Crippen MR) is 73.0 cm³/mol. The summed E-state index contributed by atoms with van der Waals surface area (Å²) in [5.41, 5.74) is 3.80. The maximum atomic E-state index is 6.03. The quantitative estimate of drug-likeness (QED) is 0.766. The standard InChI is InChI=1S/C14H20ClNO/c1-11-3-4-14(12(9-11)10-15)16-7-5-13(17-2)6-8-16/h3-4,9,13H,5-8,10H2,1-2H3. The Kier molecular flexibility index (Phi) is 4.30. The molecule has 3 heteroatoms. The van der Waals surface area contributed by atoms with Crippen LogP contribution in [0.25, 0.3) is 0 Å². The molecule has 1 aliphatic rings. The second kappa shape index (κ2) is 5.74. The van der Waals surface area contributed by atoms with Gasteiger partial charge in [0.15, 0.2) is 0 Å². The van der Waals surface area contributed by atoms with E-state index in [2.05, 4.69) is 30.0 Å². The van der Waals surface area contributed by atoms with Gasteiger partial charge >= 0.3 is 0 Å². The molecule has 94 valence electrons. The van der Waals surface area contributed by atoms with Gasteiger partial charge in [-0.1, -0.05) is 17.7 Å². The van der Waals surface area contributed by atoms with E-state index in [0.717, 1.165) is 25.9 Å². The molecule has 1 aromatic rings. The third kappa shape index (κ3) is 2.93. The minimum Gasteiger partial charge on any atom is -0.381 e. The molecule has 0 N–H and O–H groups in total. The molecule has 0 bridgehead atoms. The lowest BCUT2D eigenvalue weighted by Gasteiger charge is -2.34. The highest BCUT2D eigenvalue weighted by atomic mass is 35.5. The van der Waals surface area contributed by atoms with E-state index in [9.17, 15) is 0 Å². The van der Waals surface area contributed by atoms with Gasteiger partial charge in [-0.2, -0.15) is 0 Å². The Labute approximate surface area is 109 Å². The zero-order chi connectivity index (χ0) is 12.3. The zero-order valence-corrected chi connectivity index (χ0v) is 11.3. The molecular weight excluding hydrogens is 234 g/mol. The predicted octanol–water partition coefficient (Wildman–Crippen LogP) is 3.35. The monoisotopic (exact) mass is 253 g/mol. The van der Waals surface area contributed by atoms with Crippen molar-refractivity contribution in [3.63, 3.8) is 0 Å². The number of piperidine rings is 1. The van der Waals surface area contributed by atoms with Crippen molar-refractivity contribution < 1.29 is 4.74 Å². The minimum absolute atomic E-state index is 0.427. The van der Waals surface area contributed by atoms with Crippen LogP contribution >= 0.6 is 11.6 Å². The number of halogens is 1. The molecule has 1 aliphatic heterocycles. The summed E-state index contributed by atoms with van der Waals surface area (Å²) in [5, 5.41) is 0. The molecule has 0 radical (unpaired) electrons. The van der Waals surface area contributed by atoms with Crippen LogP contribution in [0.2, 0.25) is 0 Å². The Morgan fingerprint density at radius 3 is 2.65 bits per heavy atom. The van der Waals surface area contributed by atoms with Crippen molar-refractivity contribution in [1.82, 2.24) is 0 Å². The number of hydrogen-bond donors (Lipinski definition) is 0. The van der Waals surface area contributed by atoms with Gasteiger partial charge in [0, 0.05) is 31.8 Å². The van der Waals surface area contributed by atoms with Crippen molar-refractivity contribution >= 4 is 17.3 Å². The highest BCUT2D eigenvalue weighted by Gasteiger charge is 2.20. The van der Waals surface area contributed by atoms with Gasteiger partial charge in [-0.05, 0) is 31.4 Å². The van der Waals surface area contributed by atoms with Crippen molar-refractivity contribution in [2.24, 2.45) is 0 Å². The summed E-state index contributed by atoms with van der Waals surface area (Å²) in [6.45, 7) is 4.23. The largest absolute Gasteiger partial charge is 0.381 e. The number of methoxy groups -OCH3 is 1. The number of rotatable bonds is 3. The highest BCUT2D eigenvalue weighted by Crippen LogP contribution is 2.27. The Morgan fingerprint density at radius 1 is 1.35 bits per heavy atom. The first-order valence-electron chi connectivity index (χ1n) is 6.18. The lowest BCUT2D eigenvalue weighted by molar-refractivity contribution is 0.0819. The average Bonchev–Trinajstić information content (AvgIpc) is 2.39. The summed E-state index contributed by atoms with van der Waals surface area (Å²) >= 11 is 6.03. The van der Waals surface area contributed by atoms with Crippen molar-refractivity contribution in [2.75, 3.05) is 25.1 Å². The number of ether oxygens (including phenoxy) is 1. The van der Waals surface area contributed by atoms with E-state index in [-0.39, 0.29) is 0 Å². The molecule has 1 saturated heterocycles. The Morgan fingerprint density at radius 2 is 2.06 bits per heavy atom. The van der Waals surface area contributed by atoms with Crippen LogP contribution in [0.5, 0.6) is 0 Å². The SMILES string of the molecule is COC1CCN(c2ccc(C)cc2CCl)CC1. The Bertz CT molecular complexity index is 372. The molecule has 0 amide bonds. The molecular formula is C14H20ClNO. The van der Waals surface area contributed by atoms with E-state index in [1.165, 1.54) is 16.8 Å². The van der Waals surface area contributed by atoms with E-state index in [1.807, 2.05) is 0 Å². The van der Waals surface area contributed by atoms with Crippen LogP contribution in [0.3, 0.4) is 0 Å². The third-order valence-electron chi connectivity index (χ3n) is 3.49. The molecule has 0 aliphatic carbocycles. The van der Waals surface area contributed by atoms with Crippen LogP contribution in [0.15, 0.2) is 18.2 Å². The van der Waals surface area contributed by atoms with Gasteiger partial charge in [0.1, 0.15) is 0 Å². The van der Waals surface area contributed by atoms with Crippen LogP contribution in [0, 0.1) is 6.92 Å². The molecule has 17 heavy (non-hydrogen) atoms. The average molecular weight is 254 g/mol. The molecule has 0 saturated carbocycles. The van der Waals surface area contributed by atoms with E-state index in [1.54, 1.807) is 7.11 Å². The number of aryl methyl sites for hydroxylation is 1. The van der Waals surface area contributed by atoms with Crippen LogP contribution in [0.4, 0.5) is 5.69 Å². The molecule has 1 aromatic carbocycles. The summed E-state index contributed by atoms with van der Waals surface area (Å²) in [4.78, 5) is 2.42. The summed E-state index contributed by atoms with van der Waals surface area (Å²) in [6.07, 6.45) is 2.63. The molecule has 0 spiro atoms. The van der Waals surface area contributed by atoms with E-state index >= 15 is 0 Å². The number of nitrogens with zero attached hydrogens (tertiary/aromatic N) is 1. The second-order valence-electron chi connectivity index (χ2n) is 4.69. The minimum atomic E-state index is 0.427. The second-order valence-corrected chi connectivity index (χ2v) is 4.96. The number of anilines is 1. The fourth-order valence-corrected chi connectivity index (χ4v) is 2.68. The van der Waals surface area contributed by atoms with Gasteiger partial charge in [0.25, 0.3) is 0 Å². The summed E-state index contributed by atoms with van der Waals surface area (Å²) < 4.78 is 5.40. The van der Waals surface area contributed by atoms with Crippen LogP contribution < -0.4 is 4.90 Å². The normalized spacial score (nSPS) is 17.5. The summed E-state index contributed by atoms with van der Waals surface area (Å²) in [5.74, 6) is 0.585. The molecule has 0 unspecified atom stereocenters. The maximum Gasteiger partial charge on any atom is 0.0605 e. The van der Waals surface area contributed by atoms with Crippen LogP contribution in [0.1, 0.15) is 24.0 Å². The lowest BCUT2D eigenvalue weighted by Crippen LogP contribution is -2.37. The van der Waals surface area contributed by atoms with Crippen LogP contribution in [-0.4, -0.2) is 26.3 Å². The van der Waals surface area contributed by atoms with E-state index in [0.29, 0.717) is 12.0 Å². The van der Waals surface area contributed by atoms with Crippen molar-refractivity contribution in [2.45, 2.75) is 31.7 Å². The Balaban J connectivity index is 2.12. The van der Waals surface area contributed by atoms with E-state index in [4.69, 9.17) is 16.3 Å². The Hall–Kier alpha value is -0.730. The highest BCUT2D eigenvalue weighted by molar-refractivity contribution is 6.17. The first-order chi connectivity index (χ1) is 8.24. The van der Waals surface area contributed by atoms with Gasteiger partial charge in [0.2, 0.25) is 0 Å². The summed E-state index contributed by atoms with van der Waals surface area (Å²) in [6, 6.07) is 6.54. The van der Waals surface area contributed by atoms with Crippen LogP contribution in [-0.2, 0) is 10.6 Å². The van der Waals surface area contributed by atoms with Crippen molar-refractivity contribution in [3.8, 4) is 0 Å². The lowest BCUT2D eigenvalue weighted by atomic mass is 10.0. The van der Waals surface area contributed by atoms with Gasteiger partial charge < -0.3 is 9.64 Å². The third-order valence-corrected chi connectivity index (χ3v) is 3.78. The van der Waals surface area contributed by atoms with Gasteiger partial charge in [0.05, 0.1) is 6.10 Å².